The summed E-state index contributed by atoms with van der Waals surface area (Å²) in [5.74, 6) is 0.847. The molecule has 26 heavy (non-hydrogen) atoms. The summed E-state index contributed by atoms with van der Waals surface area (Å²) >= 11 is 4.83. The summed E-state index contributed by atoms with van der Waals surface area (Å²) in [5, 5.41) is 3.66. The van der Waals surface area contributed by atoms with Crippen LogP contribution in [0.3, 0.4) is 0 Å². The number of thioether (sulfide) groups is 1. The summed E-state index contributed by atoms with van der Waals surface area (Å²) in [4.78, 5) is 25.4. The lowest BCUT2D eigenvalue weighted by atomic mass is 10.2. The molecule has 7 heteroatoms. The fourth-order valence-electron chi connectivity index (χ4n) is 2.32. The Balaban J connectivity index is 1.66. The van der Waals surface area contributed by atoms with Crippen molar-refractivity contribution < 1.29 is 4.79 Å². The van der Waals surface area contributed by atoms with Gasteiger partial charge in [-0.1, -0.05) is 33.8 Å². The summed E-state index contributed by atoms with van der Waals surface area (Å²) in [6, 6.07) is 13.3. The molecule has 0 unspecified atom stereocenters. The molecule has 3 aromatic rings. The van der Waals surface area contributed by atoms with E-state index < -0.39 is 0 Å². The molecule has 0 bridgehead atoms. The zero-order chi connectivity index (χ0) is 18.5. The molecule has 0 spiro atoms. The first-order chi connectivity index (χ1) is 12.5. The highest BCUT2D eigenvalue weighted by Gasteiger charge is 2.09. The maximum Gasteiger partial charge on any atom is 0.234 e. The van der Waals surface area contributed by atoms with Crippen LogP contribution in [0.25, 0.3) is 11.4 Å². The molecule has 0 saturated heterocycles. The lowest BCUT2D eigenvalue weighted by Crippen LogP contribution is -2.14. The topological polar surface area (TPSA) is 67.8 Å². The highest BCUT2D eigenvalue weighted by atomic mass is 79.9. The number of aryl methyl sites for hydroxylation is 2. The van der Waals surface area contributed by atoms with Crippen LogP contribution in [-0.4, -0.2) is 26.6 Å². The predicted molar refractivity (Wildman–Crippen MR) is 108 cm³/mol. The molecule has 132 valence electrons. The molecule has 0 saturated carbocycles. The standard InChI is InChI=1S/C19H17BrN4OS/c1-12-9-14(6-7-15(12)20)24-18(25)11-26-19-10-17(22-13(2)23-19)16-5-3-4-8-21-16/h3-10H,11H2,1-2H3,(H,24,25). The third-order valence-corrected chi connectivity index (χ3v) is 5.34. The molecule has 1 N–H and O–H groups in total. The Labute approximate surface area is 164 Å². The Morgan fingerprint density at radius 2 is 1.96 bits per heavy atom. The first kappa shape index (κ1) is 18.5. The van der Waals surface area contributed by atoms with E-state index in [1.54, 1.807) is 6.20 Å². The third kappa shape index (κ3) is 4.89. The van der Waals surface area contributed by atoms with Crippen LogP contribution in [0.1, 0.15) is 11.4 Å². The van der Waals surface area contributed by atoms with Gasteiger partial charge in [-0.3, -0.25) is 9.78 Å². The van der Waals surface area contributed by atoms with Gasteiger partial charge in [0.15, 0.2) is 0 Å². The maximum atomic E-state index is 12.2. The molecule has 0 aliphatic rings. The number of hydrogen-bond donors (Lipinski definition) is 1. The molecule has 1 amide bonds. The predicted octanol–water partition coefficient (Wildman–Crippen LogP) is 4.65. The number of carbonyl (C=O) groups excluding carboxylic acids is 1. The van der Waals surface area contributed by atoms with Gasteiger partial charge >= 0.3 is 0 Å². The first-order valence-electron chi connectivity index (χ1n) is 7.97. The van der Waals surface area contributed by atoms with Gasteiger partial charge in [-0.2, -0.15) is 0 Å². The zero-order valence-corrected chi connectivity index (χ0v) is 16.8. The van der Waals surface area contributed by atoms with E-state index in [-0.39, 0.29) is 11.7 Å². The van der Waals surface area contributed by atoms with Crippen LogP contribution in [0.15, 0.2) is 58.2 Å². The molecule has 0 aliphatic carbocycles. The minimum Gasteiger partial charge on any atom is -0.325 e. The van der Waals surface area contributed by atoms with Crippen LogP contribution in [-0.2, 0) is 4.79 Å². The SMILES string of the molecule is Cc1nc(SCC(=O)Nc2ccc(Br)c(C)c2)cc(-c2ccccn2)n1. The summed E-state index contributed by atoms with van der Waals surface area (Å²) in [6.07, 6.45) is 1.73. The Morgan fingerprint density at radius 1 is 1.12 bits per heavy atom. The minimum atomic E-state index is -0.0765. The number of nitrogens with zero attached hydrogens (tertiary/aromatic N) is 3. The Kier molecular flexibility index (Phi) is 6.00. The molecule has 0 radical (unpaired) electrons. The van der Waals surface area contributed by atoms with E-state index in [4.69, 9.17) is 0 Å². The second-order valence-corrected chi connectivity index (χ2v) is 7.50. The van der Waals surface area contributed by atoms with Crippen molar-refractivity contribution in [2.24, 2.45) is 0 Å². The van der Waals surface area contributed by atoms with Crippen LogP contribution < -0.4 is 5.32 Å². The van der Waals surface area contributed by atoms with E-state index in [9.17, 15) is 4.79 Å². The smallest absolute Gasteiger partial charge is 0.234 e. The van der Waals surface area contributed by atoms with Crippen molar-refractivity contribution in [1.82, 2.24) is 15.0 Å². The molecule has 1 aromatic carbocycles. The monoisotopic (exact) mass is 428 g/mol. The van der Waals surface area contributed by atoms with Crippen LogP contribution in [0.5, 0.6) is 0 Å². The van der Waals surface area contributed by atoms with E-state index in [1.807, 2.05) is 56.3 Å². The number of carbonyl (C=O) groups is 1. The van der Waals surface area contributed by atoms with Crippen LogP contribution in [0.2, 0.25) is 0 Å². The lowest BCUT2D eigenvalue weighted by Gasteiger charge is -2.08. The van der Waals surface area contributed by atoms with Gasteiger partial charge < -0.3 is 5.32 Å². The molecule has 2 aromatic heterocycles. The number of hydrogen-bond acceptors (Lipinski definition) is 5. The minimum absolute atomic E-state index is 0.0765. The van der Waals surface area contributed by atoms with Gasteiger partial charge in [-0.05, 0) is 55.8 Å². The number of amides is 1. The van der Waals surface area contributed by atoms with E-state index >= 15 is 0 Å². The van der Waals surface area contributed by atoms with Gasteiger partial charge in [0.2, 0.25) is 5.91 Å². The number of halogens is 1. The van der Waals surface area contributed by atoms with Crippen molar-refractivity contribution in [1.29, 1.82) is 0 Å². The van der Waals surface area contributed by atoms with Gasteiger partial charge in [0.05, 0.1) is 17.1 Å². The average molecular weight is 429 g/mol. The fourth-order valence-corrected chi connectivity index (χ4v) is 3.31. The van der Waals surface area contributed by atoms with Crippen LogP contribution in [0, 0.1) is 13.8 Å². The van der Waals surface area contributed by atoms with Gasteiger partial charge in [-0.15, -0.1) is 0 Å². The molecule has 2 heterocycles. The molecule has 5 nitrogen and oxygen atoms in total. The van der Waals surface area contributed by atoms with E-state index in [1.165, 1.54) is 11.8 Å². The van der Waals surface area contributed by atoms with Gasteiger partial charge in [0.25, 0.3) is 0 Å². The number of nitrogens with one attached hydrogen (secondary N) is 1. The van der Waals surface area contributed by atoms with Gasteiger partial charge in [0.1, 0.15) is 10.9 Å². The summed E-state index contributed by atoms with van der Waals surface area (Å²) in [5.41, 5.74) is 3.39. The van der Waals surface area contributed by atoms with Crippen molar-refractivity contribution in [3.05, 3.63) is 64.5 Å². The Morgan fingerprint density at radius 3 is 2.69 bits per heavy atom. The van der Waals surface area contributed by atoms with Crippen molar-refractivity contribution in [3.8, 4) is 11.4 Å². The largest absolute Gasteiger partial charge is 0.325 e. The molecule has 0 fully saturated rings. The molecule has 3 rings (SSSR count). The maximum absolute atomic E-state index is 12.2. The molecular weight excluding hydrogens is 412 g/mol. The average Bonchev–Trinajstić information content (AvgIpc) is 2.63. The number of benzene rings is 1. The highest BCUT2D eigenvalue weighted by molar-refractivity contribution is 9.10. The number of pyridine rings is 1. The van der Waals surface area contributed by atoms with E-state index in [2.05, 4.69) is 36.2 Å². The Hall–Kier alpha value is -2.25. The molecule has 0 atom stereocenters. The zero-order valence-electron chi connectivity index (χ0n) is 14.4. The highest BCUT2D eigenvalue weighted by Crippen LogP contribution is 2.23. The van der Waals surface area contributed by atoms with Crippen LogP contribution >= 0.6 is 27.7 Å². The molecule has 0 aliphatic heterocycles. The summed E-state index contributed by atoms with van der Waals surface area (Å²) in [7, 11) is 0. The summed E-state index contributed by atoms with van der Waals surface area (Å²) < 4.78 is 1.02. The third-order valence-electron chi connectivity index (χ3n) is 3.53. The number of anilines is 1. The van der Waals surface area contributed by atoms with E-state index in [0.717, 1.165) is 32.1 Å². The quantitative estimate of drug-likeness (QED) is 0.473. The number of rotatable bonds is 5. The fraction of sp³-hybridized carbons (Fsp3) is 0.158. The van der Waals surface area contributed by atoms with Crippen molar-refractivity contribution in [3.63, 3.8) is 0 Å². The van der Waals surface area contributed by atoms with Crippen molar-refractivity contribution in [2.75, 3.05) is 11.1 Å². The van der Waals surface area contributed by atoms with Gasteiger partial charge in [-0.25, -0.2) is 9.97 Å². The molecular formula is C19H17BrN4OS. The van der Waals surface area contributed by atoms with E-state index in [0.29, 0.717) is 5.82 Å². The normalized spacial score (nSPS) is 10.6. The second kappa shape index (κ2) is 8.42. The lowest BCUT2D eigenvalue weighted by molar-refractivity contribution is -0.113. The Bertz CT molecular complexity index is 934. The van der Waals surface area contributed by atoms with Crippen LogP contribution in [0.4, 0.5) is 5.69 Å². The van der Waals surface area contributed by atoms with Gasteiger partial charge in [0, 0.05) is 16.4 Å². The first-order valence-corrected chi connectivity index (χ1v) is 9.75. The van der Waals surface area contributed by atoms with Crippen molar-refractivity contribution >= 4 is 39.3 Å². The second-order valence-electron chi connectivity index (χ2n) is 5.65. The summed E-state index contributed by atoms with van der Waals surface area (Å²) in [6.45, 7) is 3.82. The number of aromatic nitrogens is 3. The van der Waals surface area contributed by atoms with Crippen molar-refractivity contribution in [2.45, 2.75) is 18.9 Å².